The van der Waals surface area contributed by atoms with Gasteiger partial charge in [0.05, 0.1) is 5.52 Å². The van der Waals surface area contributed by atoms with Crippen molar-refractivity contribution in [2.24, 2.45) is 0 Å². The van der Waals surface area contributed by atoms with Gasteiger partial charge in [0.2, 0.25) is 0 Å². The smallest absolute Gasteiger partial charge is 0.146 e. The number of aromatic nitrogens is 2. The number of phenolic OH excluding ortho intramolecular Hbond substituents is 1. The van der Waals surface area contributed by atoms with E-state index in [-0.39, 0.29) is 11.5 Å². The zero-order valence-electron chi connectivity index (χ0n) is 9.21. The van der Waals surface area contributed by atoms with Crippen LogP contribution < -0.4 is 0 Å². The largest absolute Gasteiger partial charge is 0.508 e. The first kappa shape index (κ1) is 11.1. The number of aromatic hydroxyl groups is 2. The van der Waals surface area contributed by atoms with Crippen LogP contribution in [0, 0.1) is 0 Å². The summed E-state index contributed by atoms with van der Waals surface area (Å²) in [6.07, 6.45) is 1.74. The molecule has 3 aromatic rings. The van der Waals surface area contributed by atoms with Crippen LogP contribution in [0.25, 0.3) is 16.9 Å². The Morgan fingerprint density at radius 3 is 2.61 bits per heavy atom. The Kier molecular flexibility index (Phi) is 2.48. The van der Waals surface area contributed by atoms with Crippen molar-refractivity contribution in [3.05, 3.63) is 47.2 Å². The Hall–Kier alpha value is -2.01. The van der Waals surface area contributed by atoms with Gasteiger partial charge in [0.25, 0.3) is 0 Å². The summed E-state index contributed by atoms with van der Waals surface area (Å²) < 4.78 is 2.50. The van der Waals surface area contributed by atoms with Crippen molar-refractivity contribution >= 4 is 21.4 Å². The molecule has 0 radical (unpaired) electrons. The van der Waals surface area contributed by atoms with Crippen molar-refractivity contribution in [1.29, 1.82) is 0 Å². The molecule has 2 N–H and O–H groups in total. The molecule has 3 rings (SSSR count). The van der Waals surface area contributed by atoms with Crippen LogP contribution in [0.1, 0.15) is 0 Å². The van der Waals surface area contributed by atoms with Gasteiger partial charge < -0.3 is 10.2 Å². The summed E-state index contributed by atoms with van der Waals surface area (Å²) in [6, 6.07) is 10.1. The average molecular weight is 305 g/mol. The zero-order chi connectivity index (χ0) is 12.7. The van der Waals surface area contributed by atoms with Crippen LogP contribution in [-0.2, 0) is 0 Å². The molecule has 0 atom stereocenters. The third-order valence-electron chi connectivity index (χ3n) is 2.69. The van der Waals surface area contributed by atoms with E-state index in [0.717, 1.165) is 11.1 Å². The van der Waals surface area contributed by atoms with Gasteiger partial charge >= 0.3 is 0 Å². The molecule has 0 unspecified atom stereocenters. The lowest BCUT2D eigenvalue weighted by Crippen LogP contribution is -1.88. The van der Waals surface area contributed by atoms with Crippen molar-refractivity contribution in [3.63, 3.8) is 0 Å². The predicted octanol–water partition coefficient (Wildman–Crippen LogP) is 3.18. The topological polar surface area (TPSA) is 57.8 Å². The second-order valence-corrected chi connectivity index (χ2v) is 4.67. The third-order valence-corrected chi connectivity index (χ3v) is 3.27. The zero-order valence-corrected chi connectivity index (χ0v) is 10.8. The standard InChI is InChI=1S/C13H9BrN2O2/c14-12-11-7-10(18)4-5-16(11)13(15-12)8-2-1-3-9(17)6-8/h1-7,17-18H. The number of hydrogen-bond donors (Lipinski definition) is 2. The maximum absolute atomic E-state index is 9.51. The van der Waals surface area contributed by atoms with Crippen LogP contribution in [0.5, 0.6) is 11.5 Å². The highest BCUT2D eigenvalue weighted by atomic mass is 79.9. The SMILES string of the molecule is Oc1cccc(-c2nc(Br)c3cc(O)ccn23)c1. The molecule has 0 bridgehead atoms. The maximum atomic E-state index is 9.51. The Balaban J connectivity index is 2.30. The predicted molar refractivity (Wildman–Crippen MR) is 71.7 cm³/mol. The highest BCUT2D eigenvalue weighted by Gasteiger charge is 2.11. The monoisotopic (exact) mass is 304 g/mol. The maximum Gasteiger partial charge on any atom is 0.146 e. The fourth-order valence-electron chi connectivity index (χ4n) is 1.89. The Morgan fingerprint density at radius 2 is 1.83 bits per heavy atom. The summed E-state index contributed by atoms with van der Waals surface area (Å²) in [6.45, 7) is 0. The lowest BCUT2D eigenvalue weighted by molar-refractivity contribution is 0.474. The minimum absolute atomic E-state index is 0.186. The van der Waals surface area contributed by atoms with Gasteiger partial charge in [0.15, 0.2) is 0 Å². The highest BCUT2D eigenvalue weighted by Crippen LogP contribution is 2.29. The first-order valence-electron chi connectivity index (χ1n) is 5.31. The molecule has 90 valence electrons. The summed E-state index contributed by atoms with van der Waals surface area (Å²) in [5, 5.41) is 19.0. The van der Waals surface area contributed by atoms with Crippen LogP contribution >= 0.6 is 15.9 Å². The van der Waals surface area contributed by atoms with Crippen LogP contribution in [0.3, 0.4) is 0 Å². The average Bonchev–Trinajstić information content (AvgIpc) is 2.67. The van der Waals surface area contributed by atoms with E-state index in [2.05, 4.69) is 20.9 Å². The van der Waals surface area contributed by atoms with Gasteiger partial charge in [-0.2, -0.15) is 0 Å². The Labute approximate surface area is 111 Å². The molecule has 0 spiro atoms. The molecule has 4 nitrogen and oxygen atoms in total. The van der Waals surface area contributed by atoms with Crippen LogP contribution in [-0.4, -0.2) is 19.6 Å². The summed E-state index contributed by atoms with van der Waals surface area (Å²) in [5.41, 5.74) is 1.58. The van der Waals surface area contributed by atoms with Crippen molar-refractivity contribution in [2.45, 2.75) is 0 Å². The number of halogens is 1. The molecule has 5 heteroatoms. The van der Waals surface area contributed by atoms with Gasteiger partial charge in [-0.05, 0) is 34.1 Å². The highest BCUT2D eigenvalue weighted by molar-refractivity contribution is 9.10. The van der Waals surface area contributed by atoms with E-state index in [1.165, 1.54) is 0 Å². The molecule has 18 heavy (non-hydrogen) atoms. The molecule has 0 aliphatic rings. The van der Waals surface area contributed by atoms with Crippen molar-refractivity contribution in [1.82, 2.24) is 9.38 Å². The second-order valence-electron chi connectivity index (χ2n) is 3.92. The van der Waals surface area contributed by atoms with E-state index in [1.54, 1.807) is 36.5 Å². The number of phenols is 1. The third kappa shape index (κ3) is 1.73. The van der Waals surface area contributed by atoms with Gasteiger partial charge in [0, 0.05) is 17.8 Å². The van der Waals surface area contributed by atoms with Crippen molar-refractivity contribution in [2.75, 3.05) is 0 Å². The molecule has 1 aromatic carbocycles. The Bertz CT molecular complexity index is 737. The fourth-order valence-corrected chi connectivity index (χ4v) is 2.36. The van der Waals surface area contributed by atoms with Gasteiger partial charge in [-0.15, -0.1) is 0 Å². The molecule has 0 aliphatic carbocycles. The summed E-state index contributed by atoms with van der Waals surface area (Å²) in [7, 11) is 0. The van der Waals surface area contributed by atoms with Crippen molar-refractivity contribution in [3.8, 4) is 22.9 Å². The van der Waals surface area contributed by atoms with Gasteiger partial charge in [0.1, 0.15) is 21.9 Å². The first-order chi connectivity index (χ1) is 8.65. The summed E-state index contributed by atoms with van der Waals surface area (Å²) in [5.74, 6) is 1.08. The molecular weight excluding hydrogens is 296 g/mol. The normalized spacial score (nSPS) is 10.9. The number of fused-ring (bicyclic) bond motifs is 1. The number of nitrogens with zero attached hydrogens (tertiary/aromatic N) is 2. The number of rotatable bonds is 1. The minimum Gasteiger partial charge on any atom is -0.508 e. The van der Waals surface area contributed by atoms with E-state index < -0.39 is 0 Å². The molecule has 0 aliphatic heterocycles. The van der Waals surface area contributed by atoms with Crippen LogP contribution in [0.2, 0.25) is 0 Å². The summed E-state index contributed by atoms with van der Waals surface area (Å²) in [4.78, 5) is 4.40. The van der Waals surface area contributed by atoms with Crippen LogP contribution in [0.15, 0.2) is 47.2 Å². The molecule has 0 saturated carbocycles. The fraction of sp³-hybridized carbons (Fsp3) is 0. The Morgan fingerprint density at radius 1 is 1.06 bits per heavy atom. The lowest BCUT2D eigenvalue weighted by Gasteiger charge is -2.02. The minimum atomic E-state index is 0.186. The second kappa shape index (κ2) is 4.03. The number of imidazole rings is 1. The molecular formula is C13H9BrN2O2. The lowest BCUT2D eigenvalue weighted by atomic mass is 10.2. The van der Waals surface area contributed by atoms with Gasteiger partial charge in [-0.25, -0.2) is 4.98 Å². The van der Waals surface area contributed by atoms with E-state index in [1.807, 2.05) is 10.5 Å². The van der Waals surface area contributed by atoms with E-state index in [4.69, 9.17) is 0 Å². The van der Waals surface area contributed by atoms with Crippen LogP contribution in [0.4, 0.5) is 0 Å². The number of pyridine rings is 1. The van der Waals surface area contributed by atoms with Gasteiger partial charge in [-0.1, -0.05) is 12.1 Å². The quantitative estimate of drug-likeness (QED) is 0.726. The van der Waals surface area contributed by atoms with E-state index >= 15 is 0 Å². The van der Waals surface area contributed by atoms with Crippen molar-refractivity contribution < 1.29 is 10.2 Å². The molecule has 0 fully saturated rings. The number of hydrogen-bond acceptors (Lipinski definition) is 3. The van der Waals surface area contributed by atoms with Gasteiger partial charge in [-0.3, -0.25) is 4.40 Å². The molecule has 0 amide bonds. The summed E-state index contributed by atoms with van der Waals surface area (Å²) >= 11 is 3.36. The molecule has 0 saturated heterocycles. The van der Waals surface area contributed by atoms with E-state index in [0.29, 0.717) is 10.4 Å². The first-order valence-corrected chi connectivity index (χ1v) is 6.10. The van der Waals surface area contributed by atoms with E-state index in [9.17, 15) is 10.2 Å². The molecule has 2 heterocycles. The molecule has 2 aromatic heterocycles. The number of benzene rings is 1.